The van der Waals surface area contributed by atoms with Crippen LogP contribution >= 0.6 is 7.82 Å². The molecule has 0 saturated carbocycles. The Labute approximate surface area is 249 Å². The summed E-state index contributed by atoms with van der Waals surface area (Å²) >= 11 is 0. The largest absolute Gasteiger partial charge is 0.478 e. The molecule has 0 unspecified atom stereocenters. The second-order valence-electron chi connectivity index (χ2n) is 10.4. The molecule has 0 amide bonds. The number of rotatable bonds is 26. The third-order valence-electron chi connectivity index (χ3n) is 6.63. The number of phosphoric ester groups is 1. The van der Waals surface area contributed by atoms with Gasteiger partial charge in [-0.25, -0.2) is 14.2 Å². The second kappa shape index (κ2) is 27.1. The molecule has 0 heterocycles. The molecule has 0 fully saturated rings. The van der Waals surface area contributed by atoms with Gasteiger partial charge in [-0.3, -0.25) is 13.6 Å². The predicted molar refractivity (Wildman–Crippen MR) is 166 cm³/mol. The molecule has 0 aromatic heterocycles. The van der Waals surface area contributed by atoms with Crippen LogP contribution in [0.2, 0.25) is 0 Å². The van der Waals surface area contributed by atoms with Gasteiger partial charge in [-0.05, 0) is 31.4 Å². The number of aromatic carboxylic acids is 2. The molecule has 1 aromatic carbocycles. The van der Waals surface area contributed by atoms with Crippen molar-refractivity contribution in [1.29, 1.82) is 0 Å². The summed E-state index contributed by atoms with van der Waals surface area (Å²) in [4.78, 5) is 20.9. The van der Waals surface area contributed by atoms with Crippen molar-refractivity contribution in [2.24, 2.45) is 0 Å². The Morgan fingerprint density at radius 2 is 0.805 bits per heavy atom. The van der Waals surface area contributed by atoms with E-state index in [1.165, 1.54) is 101 Å². The molecule has 0 atom stereocenters. The topological polar surface area (TPSA) is 119 Å². The summed E-state index contributed by atoms with van der Waals surface area (Å²) in [6, 6.07) is 5.48. The first-order chi connectivity index (χ1) is 19.8. The van der Waals surface area contributed by atoms with Crippen molar-refractivity contribution < 1.29 is 37.9 Å². The zero-order valence-corrected chi connectivity index (χ0v) is 26.8. The van der Waals surface area contributed by atoms with Gasteiger partial charge in [0.2, 0.25) is 0 Å². The maximum atomic E-state index is 13.0. The van der Waals surface area contributed by atoms with Gasteiger partial charge in [0, 0.05) is 0 Å². The van der Waals surface area contributed by atoms with Crippen molar-refractivity contribution >= 4 is 19.8 Å². The molecule has 0 bridgehead atoms. The quantitative estimate of drug-likeness (QED) is 0.0796. The molecule has 0 saturated heterocycles. The molecule has 41 heavy (non-hydrogen) atoms. The molecule has 0 radical (unpaired) electrons. The summed E-state index contributed by atoms with van der Waals surface area (Å²) in [6.07, 6.45) is 21.3. The third-order valence-corrected chi connectivity index (χ3v) is 8.13. The van der Waals surface area contributed by atoms with Crippen LogP contribution in [-0.2, 0) is 18.1 Å². The summed E-state index contributed by atoms with van der Waals surface area (Å²) < 4.78 is 29.9. The average molecular weight is 601 g/mol. The first-order valence-corrected chi connectivity index (χ1v) is 17.4. The van der Waals surface area contributed by atoms with Crippen LogP contribution in [0.3, 0.4) is 0 Å². The number of hydrogen-bond donors (Lipinski definition) is 2. The highest BCUT2D eigenvalue weighted by molar-refractivity contribution is 7.48. The number of carbonyl (C=O) groups is 2. The van der Waals surface area contributed by atoms with Crippen molar-refractivity contribution in [2.75, 3.05) is 19.8 Å². The lowest BCUT2D eigenvalue weighted by molar-refractivity contribution is 0.0651. The van der Waals surface area contributed by atoms with Gasteiger partial charge >= 0.3 is 19.8 Å². The van der Waals surface area contributed by atoms with Crippen molar-refractivity contribution in [3.8, 4) is 0 Å². The lowest BCUT2D eigenvalue weighted by atomic mass is 10.1. The van der Waals surface area contributed by atoms with Gasteiger partial charge < -0.3 is 10.2 Å². The smallest absolute Gasteiger partial charge is 0.474 e. The van der Waals surface area contributed by atoms with Gasteiger partial charge in [0.15, 0.2) is 0 Å². The highest BCUT2D eigenvalue weighted by Gasteiger charge is 2.26. The van der Waals surface area contributed by atoms with E-state index >= 15 is 0 Å². The Morgan fingerprint density at radius 1 is 0.537 bits per heavy atom. The first-order valence-electron chi connectivity index (χ1n) is 15.9. The Kier molecular flexibility index (Phi) is 26.0. The number of unbranched alkanes of at least 4 members (excludes halogenated alkanes) is 15. The van der Waals surface area contributed by atoms with Crippen molar-refractivity contribution in [2.45, 2.75) is 136 Å². The van der Waals surface area contributed by atoms with Crippen LogP contribution < -0.4 is 0 Å². The monoisotopic (exact) mass is 600 g/mol. The van der Waals surface area contributed by atoms with Crippen LogP contribution in [-0.4, -0.2) is 42.0 Å². The molecule has 1 aromatic rings. The van der Waals surface area contributed by atoms with E-state index in [-0.39, 0.29) is 11.1 Å². The van der Waals surface area contributed by atoms with Gasteiger partial charge in [-0.15, -0.1) is 0 Å². The van der Waals surface area contributed by atoms with E-state index < -0.39 is 19.8 Å². The molecule has 0 aliphatic heterocycles. The molecule has 8 nitrogen and oxygen atoms in total. The maximum absolute atomic E-state index is 13.0. The van der Waals surface area contributed by atoms with Crippen LogP contribution in [0.25, 0.3) is 0 Å². The summed E-state index contributed by atoms with van der Waals surface area (Å²) in [7, 11) is -3.40. The minimum absolute atomic E-state index is 0.190. The molecule has 0 aliphatic carbocycles. The Hall–Kier alpha value is -1.73. The van der Waals surface area contributed by atoms with Crippen LogP contribution in [0.5, 0.6) is 0 Å². The molecule has 9 heteroatoms. The average Bonchev–Trinajstić information content (AvgIpc) is 2.96. The van der Waals surface area contributed by atoms with Gasteiger partial charge in [-0.2, -0.15) is 0 Å². The van der Waals surface area contributed by atoms with E-state index in [9.17, 15) is 14.2 Å². The van der Waals surface area contributed by atoms with Gasteiger partial charge in [0.05, 0.1) is 30.9 Å². The van der Waals surface area contributed by atoms with E-state index in [1.54, 1.807) is 0 Å². The SMILES string of the molecule is CCCCCCCCOP(=O)(OCCCCCCCC)OCCCCCCCC.O=C(O)c1ccccc1C(=O)O. The highest BCUT2D eigenvalue weighted by atomic mass is 31.2. The molecule has 0 aliphatic rings. The summed E-state index contributed by atoms with van der Waals surface area (Å²) in [5.74, 6) is -2.46. The fraction of sp³-hybridized carbons (Fsp3) is 0.750. The fourth-order valence-corrected chi connectivity index (χ4v) is 5.43. The van der Waals surface area contributed by atoms with E-state index in [0.717, 1.165) is 38.5 Å². The molecule has 0 spiro atoms. The molecule has 238 valence electrons. The van der Waals surface area contributed by atoms with Crippen molar-refractivity contribution in [1.82, 2.24) is 0 Å². The Morgan fingerprint density at radius 3 is 1.07 bits per heavy atom. The summed E-state index contributed by atoms with van der Waals surface area (Å²) in [6.45, 7) is 8.08. The third kappa shape index (κ3) is 22.5. The maximum Gasteiger partial charge on any atom is 0.474 e. The second-order valence-corrected chi connectivity index (χ2v) is 12.1. The van der Waals surface area contributed by atoms with Gasteiger partial charge in [0.1, 0.15) is 0 Å². The number of phosphoric acid groups is 1. The van der Waals surface area contributed by atoms with Crippen LogP contribution in [0.15, 0.2) is 24.3 Å². The minimum atomic E-state index is -3.40. The standard InChI is InChI=1S/C24H51O4P.C8H6O4/c1-4-7-10-13-16-19-22-26-29(25,27-23-20-17-14-11-8-5-2)28-24-21-18-15-12-9-6-3;9-7(10)5-3-1-2-4-6(5)8(11)12/h4-24H2,1-3H3;1-4H,(H,9,10)(H,11,12). The minimum Gasteiger partial charge on any atom is -0.478 e. The number of carboxylic acid groups (broad SMARTS) is 2. The molecule has 2 N–H and O–H groups in total. The van der Waals surface area contributed by atoms with Gasteiger partial charge in [0.25, 0.3) is 0 Å². The van der Waals surface area contributed by atoms with Crippen LogP contribution in [0, 0.1) is 0 Å². The predicted octanol–water partition coefficient (Wildman–Crippen LogP) is 10.3. The molecular formula is C32H57O8P. The number of hydrogen-bond acceptors (Lipinski definition) is 6. The summed E-state index contributed by atoms with van der Waals surface area (Å²) in [5.41, 5.74) is -0.380. The van der Waals surface area contributed by atoms with Crippen LogP contribution in [0.4, 0.5) is 0 Å². The summed E-state index contributed by atoms with van der Waals surface area (Å²) in [5, 5.41) is 17.1. The zero-order chi connectivity index (χ0) is 30.6. The fourth-order valence-electron chi connectivity index (χ4n) is 4.14. The van der Waals surface area contributed by atoms with E-state index in [0.29, 0.717) is 19.8 Å². The first kappa shape index (κ1) is 39.3. The normalized spacial score (nSPS) is 11.2. The van der Waals surface area contributed by atoms with Crippen LogP contribution in [0.1, 0.15) is 157 Å². The van der Waals surface area contributed by atoms with Gasteiger partial charge in [-0.1, -0.05) is 129 Å². The van der Waals surface area contributed by atoms with E-state index in [2.05, 4.69) is 20.8 Å². The Balaban J connectivity index is 0.00000110. The lowest BCUT2D eigenvalue weighted by Crippen LogP contribution is -2.06. The number of benzene rings is 1. The lowest BCUT2D eigenvalue weighted by Gasteiger charge is -2.18. The van der Waals surface area contributed by atoms with E-state index in [4.69, 9.17) is 23.8 Å². The van der Waals surface area contributed by atoms with E-state index in [1.807, 2.05) is 0 Å². The highest BCUT2D eigenvalue weighted by Crippen LogP contribution is 2.50. The zero-order valence-electron chi connectivity index (χ0n) is 25.9. The number of carboxylic acids is 2. The van der Waals surface area contributed by atoms with Crippen molar-refractivity contribution in [3.05, 3.63) is 35.4 Å². The molecule has 1 rings (SSSR count). The van der Waals surface area contributed by atoms with Crippen molar-refractivity contribution in [3.63, 3.8) is 0 Å². The Bertz CT molecular complexity index is 744. The molecular weight excluding hydrogens is 543 g/mol.